The van der Waals surface area contributed by atoms with E-state index >= 15 is 0 Å². The quantitative estimate of drug-likeness (QED) is 0.815. The largest absolute Gasteiger partial charge is 0.354 e. The molecule has 0 aliphatic heterocycles. The molecule has 20 heavy (non-hydrogen) atoms. The SMILES string of the molecule is CCSc1cccc(Nc2ccc(F)c(C)c2)c1C#N. The maximum absolute atomic E-state index is 13.3. The summed E-state index contributed by atoms with van der Waals surface area (Å²) in [6.07, 6.45) is 0. The monoisotopic (exact) mass is 286 g/mol. The number of hydrogen-bond donors (Lipinski definition) is 1. The van der Waals surface area contributed by atoms with Gasteiger partial charge in [0, 0.05) is 10.6 Å². The van der Waals surface area contributed by atoms with E-state index in [9.17, 15) is 9.65 Å². The third kappa shape index (κ3) is 3.12. The van der Waals surface area contributed by atoms with Crippen molar-refractivity contribution >= 4 is 23.1 Å². The Morgan fingerprint density at radius 2 is 2.10 bits per heavy atom. The Hall–Kier alpha value is -1.99. The Morgan fingerprint density at radius 3 is 2.75 bits per heavy atom. The molecule has 1 N–H and O–H groups in total. The van der Waals surface area contributed by atoms with Crippen LogP contribution in [0.1, 0.15) is 18.1 Å². The first-order valence-corrected chi connectivity index (χ1v) is 7.33. The summed E-state index contributed by atoms with van der Waals surface area (Å²) in [5.74, 6) is 0.680. The van der Waals surface area contributed by atoms with E-state index in [0.29, 0.717) is 11.1 Å². The zero-order valence-corrected chi connectivity index (χ0v) is 12.2. The van der Waals surface area contributed by atoms with Crippen LogP contribution in [-0.2, 0) is 0 Å². The van der Waals surface area contributed by atoms with E-state index in [1.165, 1.54) is 6.07 Å². The van der Waals surface area contributed by atoms with Crippen LogP contribution < -0.4 is 5.32 Å². The molecule has 2 nitrogen and oxygen atoms in total. The summed E-state index contributed by atoms with van der Waals surface area (Å²) < 4.78 is 13.3. The summed E-state index contributed by atoms with van der Waals surface area (Å²) in [4.78, 5) is 0.957. The molecule has 2 aromatic rings. The average molecular weight is 286 g/mol. The van der Waals surface area contributed by atoms with Gasteiger partial charge in [-0.3, -0.25) is 0 Å². The zero-order valence-electron chi connectivity index (χ0n) is 11.4. The Bertz CT molecular complexity index is 662. The molecule has 0 unspecified atom stereocenters. The van der Waals surface area contributed by atoms with Crippen LogP contribution in [0.3, 0.4) is 0 Å². The van der Waals surface area contributed by atoms with Gasteiger partial charge in [-0.05, 0) is 48.6 Å². The highest BCUT2D eigenvalue weighted by atomic mass is 32.2. The Morgan fingerprint density at radius 1 is 1.30 bits per heavy atom. The third-order valence-electron chi connectivity index (χ3n) is 2.87. The van der Waals surface area contributed by atoms with Crippen molar-refractivity contribution in [1.29, 1.82) is 5.26 Å². The maximum atomic E-state index is 13.3. The van der Waals surface area contributed by atoms with Gasteiger partial charge in [0.05, 0.1) is 11.3 Å². The Kier molecular flexibility index (Phi) is 4.65. The van der Waals surface area contributed by atoms with Gasteiger partial charge >= 0.3 is 0 Å². The minimum absolute atomic E-state index is 0.230. The van der Waals surface area contributed by atoms with Gasteiger partial charge in [0.1, 0.15) is 11.9 Å². The molecule has 0 saturated carbocycles. The molecule has 0 fully saturated rings. The minimum Gasteiger partial charge on any atom is -0.354 e. The molecule has 0 radical (unpaired) electrons. The van der Waals surface area contributed by atoms with Crippen LogP contribution in [0.25, 0.3) is 0 Å². The van der Waals surface area contributed by atoms with Crippen LogP contribution in [-0.4, -0.2) is 5.75 Å². The van der Waals surface area contributed by atoms with E-state index in [1.807, 2.05) is 18.2 Å². The number of benzene rings is 2. The first-order chi connectivity index (χ1) is 9.65. The highest BCUT2D eigenvalue weighted by Gasteiger charge is 2.08. The van der Waals surface area contributed by atoms with Gasteiger partial charge in [-0.2, -0.15) is 5.26 Å². The second-order valence-corrected chi connectivity index (χ2v) is 5.62. The van der Waals surface area contributed by atoms with Gasteiger partial charge in [0.15, 0.2) is 0 Å². The Balaban J connectivity index is 2.35. The second-order valence-electron chi connectivity index (χ2n) is 4.31. The minimum atomic E-state index is -0.230. The van der Waals surface area contributed by atoms with Crippen LogP contribution >= 0.6 is 11.8 Å². The van der Waals surface area contributed by atoms with Crippen LogP contribution in [0.5, 0.6) is 0 Å². The number of anilines is 2. The molecule has 0 aliphatic carbocycles. The number of nitriles is 1. The van der Waals surface area contributed by atoms with Crippen LogP contribution in [0.15, 0.2) is 41.3 Å². The molecule has 2 rings (SSSR count). The van der Waals surface area contributed by atoms with Crippen molar-refractivity contribution in [2.45, 2.75) is 18.7 Å². The lowest BCUT2D eigenvalue weighted by atomic mass is 10.1. The Labute approximate surface area is 122 Å². The number of rotatable bonds is 4. The molecule has 0 heterocycles. The number of thioether (sulfide) groups is 1. The topological polar surface area (TPSA) is 35.8 Å². The van der Waals surface area contributed by atoms with Crippen molar-refractivity contribution in [2.24, 2.45) is 0 Å². The van der Waals surface area contributed by atoms with Crippen molar-refractivity contribution in [3.8, 4) is 6.07 Å². The summed E-state index contributed by atoms with van der Waals surface area (Å²) in [5, 5.41) is 12.5. The zero-order chi connectivity index (χ0) is 14.5. The van der Waals surface area contributed by atoms with Gasteiger partial charge in [0.25, 0.3) is 0 Å². The summed E-state index contributed by atoms with van der Waals surface area (Å²) in [7, 11) is 0. The molecule has 102 valence electrons. The highest BCUT2D eigenvalue weighted by molar-refractivity contribution is 7.99. The number of hydrogen-bond acceptors (Lipinski definition) is 3. The van der Waals surface area contributed by atoms with E-state index < -0.39 is 0 Å². The van der Waals surface area contributed by atoms with Gasteiger partial charge in [0.2, 0.25) is 0 Å². The third-order valence-corrected chi connectivity index (χ3v) is 3.81. The fraction of sp³-hybridized carbons (Fsp3) is 0.188. The van der Waals surface area contributed by atoms with Crippen molar-refractivity contribution in [3.05, 3.63) is 53.3 Å². The number of nitrogens with zero attached hydrogens (tertiary/aromatic N) is 1. The average Bonchev–Trinajstić information content (AvgIpc) is 2.44. The molecule has 0 aliphatic rings. The molecule has 0 saturated heterocycles. The van der Waals surface area contributed by atoms with Crippen molar-refractivity contribution in [1.82, 2.24) is 0 Å². The molecular weight excluding hydrogens is 271 g/mol. The smallest absolute Gasteiger partial charge is 0.126 e. The van der Waals surface area contributed by atoms with E-state index in [4.69, 9.17) is 0 Å². The van der Waals surface area contributed by atoms with Gasteiger partial charge < -0.3 is 5.32 Å². The molecule has 0 aromatic heterocycles. The van der Waals surface area contributed by atoms with Gasteiger partial charge in [-0.25, -0.2) is 4.39 Å². The molecule has 0 amide bonds. The molecule has 2 aromatic carbocycles. The second kappa shape index (κ2) is 6.44. The van der Waals surface area contributed by atoms with Gasteiger partial charge in [-0.1, -0.05) is 13.0 Å². The predicted octanol–water partition coefficient (Wildman–Crippen LogP) is 4.86. The van der Waals surface area contributed by atoms with E-state index in [0.717, 1.165) is 22.0 Å². The lowest BCUT2D eigenvalue weighted by molar-refractivity contribution is 0.619. The van der Waals surface area contributed by atoms with Crippen molar-refractivity contribution in [3.63, 3.8) is 0 Å². The van der Waals surface area contributed by atoms with E-state index in [-0.39, 0.29) is 5.82 Å². The highest BCUT2D eigenvalue weighted by Crippen LogP contribution is 2.30. The molecule has 4 heteroatoms. The van der Waals surface area contributed by atoms with Crippen molar-refractivity contribution in [2.75, 3.05) is 11.1 Å². The number of halogens is 1. The standard InChI is InChI=1S/C16H15FN2S/c1-3-20-16-6-4-5-15(13(16)10-18)19-12-7-8-14(17)11(2)9-12/h4-9,19H,3H2,1-2H3. The van der Waals surface area contributed by atoms with Crippen LogP contribution in [0.4, 0.5) is 15.8 Å². The normalized spacial score (nSPS) is 10.1. The fourth-order valence-electron chi connectivity index (χ4n) is 1.90. The lowest BCUT2D eigenvalue weighted by Crippen LogP contribution is -1.96. The van der Waals surface area contributed by atoms with E-state index in [1.54, 1.807) is 30.8 Å². The predicted molar refractivity (Wildman–Crippen MR) is 82.0 cm³/mol. The first-order valence-electron chi connectivity index (χ1n) is 6.34. The summed E-state index contributed by atoms with van der Waals surface area (Å²) in [6, 6.07) is 12.8. The number of aryl methyl sites for hydroxylation is 1. The molecule has 0 bridgehead atoms. The van der Waals surface area contributed by atoms with E-state index in [2.05, 4.69) is 18.3 Å². The molecule has 0 spiro atoms. The maximum Gasteiger partial charge on any atom is 0.126 e. The lowest BCUT2D eigenvalue weighted by Gasteiger charge is -2.11. The molecule has 0 atom stereocenters. The van der Waals surface area contributed by atoms with Crippen LogP contribution in [0, 0.1) is 24.1 Å². The summed E-state index contributed by atoms with van der Waals surface area (Å²) >= 11 is 1.63. The van der Waals surface area contributed by atoms with Crippen molar-refractivity contribution < 1.29 is 4.39 Å². The fourth-order valence-corrected chi connectivity index (χ4v) is 2.69. The van der Waals surface area contributed by atoms with Crippen LogP contribution in [0.2, 0.25) is 0 Å². The number of nitrogens with one attached hydrogen (secondary N) is 1. The molecular formula is C16H15FN2S. The first kappa shape index (κ1) is 14.4. The summed E-state index contributed by atoms with van der Waals surface area (Å²) in [5.41, 5.74) is 2.73. The summed E-state index contributed by atoms with van der Waals surface area (Å²) in [6.45, 7) is 3.77. The van der Waals surface area contributed by atoms with Gasteiger partial charge in [-0.15, -0.1) is 11.8 Å².